The fourth-order valence-corrected chi connectivity index (χ4v) is 10.4. The van der Waals surface area contributed by atoms with Gasteiger partial charge in [-0.1, -0.05) is 153 Å². The van der Waals surface area contributed by atoms with Crippen molar-refractivity contribution in [2.75, 3.05) is 0 Å². The van der Waals surface area contributed by atoms with Crippen LogP contribution in [0.5, 0.6) is 0 Å². The smallest absolute Gasteiger partial charge is 0.124 e. The normalized spacial score (nSPS) is 15.1. The van der Waals surface area contributed by atoms with Crippen molar-refractivity contribution in [3.63, 3.8) is 0 Å². The van der Waals surface area contributed by atoms with Crippen molar-refractivity contribution in [1.29, 1.82) is 0 Å². The number of nitrogens with zero attached hydrogens (tertiary/aromatic N) is 1. The van der Waals surface area contributed by atoms with E-state index in [0.717, 1.165) is 16.1 Å². The van der Waals surface area contributed by atoms with E-state index in [1.54, 1.807) is 11.3 Å². The molecule has 2 heteroatoms. The molecule has 0 bridgehead atoms. The third-order valence-corrected chi connectivity index (χ3v) is 12.6. The van der Waals surface area contributed by atoms with Gasteiger partial charge in [-0.25, -0.2) is 4.98 Å². The predicted molar refractivity (Wildman–Crippen MR) is 204 cm³/mol. The summed E-state index contributed by atoms with van der Waals surface area (Å²) in [6.45, 7) is 4.69. The van der Waals surface area contributed by atoms with Gasteiger partial charge in [0.1, 0.15) is 5.01 Å². The second-order valence-corrected chi connectivity index (χ2v) is 15.3. The van der Waals surface area contributed by atoms with Gasteiger partial charge in [-0.3, -0.25) is 0 Å². The molecule has 1 aromatic heterocycles. The topological polar surface area (TPSA) is 12.9 Å². The van der Waals surface area contributed by atoms with Crippen LogP contribution in [0.25, 0.3) is 65.3 Å². The Morgan fingerprint density at radius 2 is 0.939 bits per heavy atom. The molecule has 7 aromatic carbocycles. The molecule has 11 rings (SSSR count). The molecule has 49 heavy (non-hydrogen) atoms. The summed E-state index contributed by atoms with van der Waals surface area (Å²) in [4.78, 5) is 5.43. The van der Waals surface area contributed by atoms with Gasteiger partial charge in [0.25, 0.3) is 0 Å². The first-order chi connectivity index (χ1) is 24.0. The first-order valence-corrected chi connectivity index (χ1v) is 18.0. The van der Waals surface area contributed by atoms with Gasteiger partial charge in [0.05, 0.1) is 15.6 Å². The van der Waals surface area contributed by atoms with Crippen molar-refractivity contribution in [2.45, 2.75) is 24.7 Å². The van der Waals surface area contributed by atoms with Gasteiger partial charge < -0.3 is 0 Å². The molecule has 3 aliphatic rings. The molecule has 1 nitrogen and oxygen atoms in total. The first kappa shape index (κ1) is 27.4. The lowest BCUT2D eigenvalue weighted by Crippen LogP contribution is -2.25. The van der Waals surface area contributed by atoms with Crippen molar-refractivity contribution < 1.29 is 0 Å². The summed E-state index contributed by atoms with van der Waals surface area (Å²) in [6.07, 6.45) is 0. The highest BCUT2D eigenvalue weighted by Crippen LogP contribution is 2.63. The molecule has 0 saturated heterocycles. The van der Waals surface area contributed by atoms with Gasteiger partial charge in [0.15, 0.2) is 0 Å². The molecule has 1 spiro atoms. The van der Waals surface area contributed by atoms with Crippen molar-refractivity contribution in [3.05, 3.63) is 185 Å². The summed E-state index contributed by atoms with van der Waals surface area (Å²) < 4.78 is 1.23. The van der Waals surface area contributed by atoms with Gasteiger partial charge in [0.2, 0.25) is 0 Å². The van der Waals surface area contributed by atoms with Crippen LogP contribution in [0.2, 0.25) is 0 Å². The van der Waals surface area contributed by atoms with E-state index in [9.17, 15) is 0 Å². The Kier molecular flexibility index (Phi) is 5.33. The average Bonchev–Trinajstić information content (AvgIpc) is 3.86. The number of hydrogen-bond donors (Lipinski definition) is 0. The summed E-state index contributed by atoms with van der Waals surface area (Å²) in [5, 5.41) is 1.06. The Morgan fingerprint density at radius 3 is 1.61 bits per heavy atom. The van der Waals surface area contributed by atoms with E-state index in [1.165, 1.54) is 82.6 Å². The van der Waals surface area contributed by atoms with E-state index in [-0.39, 0.29) is 10.8 Å². The second-order valence-electron chi connectivity index (χ2n) is 14.2. The molecular weight excluding hydrogens is 611 g/mol. The zero-order valence-electron chi connectivity index (χ0n) is 27.3. The largest absolute Gasteiger partial charge is 0.235 e. The van der Waals surface area contributed by atoms with E-state index in [0.29, 0.717) is 0 Å². The molecule has 1 heterocycles. The number of hydrogen-bond acceptors (Lipinski definition) is 2. The highest BCUT2D eigenvalue weighted by molar-refractivity contribution is 7.21. The maximum atomic E-state index is 5.43. The monoisotopic (exact) mass is 641 g/mol. The fourth-order valence-electron chi connectivity index (χ4n) is 9.38. The first-order valence-electron chi connectivity index (χ1n) is 17.1. The molecular formula is C47H31NS. The van der Waals surface area contributed by atoms with E-state index >= 15 is 0 Å². The second kappa shape index (κ2) is 9.53. The van der Waals surface area contributed by atoms with E-state index < -0.39 is 0 Å². The number of rotatable bonds is 2. The minimum Gasteiger partial charge on any atom is -0.235 e. The van der Waals surface area contributed by atoms with Gasteiger partial charge >= 0.3 is 0 Å². The lowest BCUT2D eigenvalue weighted by molar-refractivity contribution is 0.660. The summed E-state index contributed by atoms with van der Waals surface area (Å²) in [7, 11) is 0. The molecule has 0 unspecified atom stereocenters. The van der Waals surface area contributed by atoms with Crippen LogP contribution in [0.15, 0.2) is 152 Å². The molecule has 230 valence electrons. The van der Waals surface area contributed by atoms with Crippen LogP contribution >= 0.6 is 11.3 Å². The summed E-state index contributed by atoms with van der Waals surface area (Å²) in [5.74, 6) is 0. The SMILES string of the molecule is CC1(C)c2ccccc2-c2ccc(-c3ccc(-c4nc5c6c(ccc5s4)C4(c5ccccc5-c5ccccc54)c4ccccc4-6)cc3)cc21. The number of aromatic nitrogens is 1. The molecule has 0 N–H and O–H groups in total. The number of thiazole rings is 1. The Labute approximate surface area is 290 Å². The van der Waals surface area contributed by atoms with Crippen LogP contribution in [0.3, 0.4) is 0 Å². The standard InChI is InChI=1S/C47H31NS/c1-46(2)36-15-7-3-11-31(36)34-24-23-30(27-41(34)46)28-19-21-29(22-20-28)45-48-44-42(49-45)26-25-40-43(44)35-14-6-10-18-39(35)47(40)37-16-8-4-12-32(37)33-13-5-9-17-38(33)47/h3-27H,1-2H3. The Hall–Kier alpha value is -5.57. The fraction of sp³-hybridized carbons (Fsp3) is 0.0851. The molecule has 3 aliphatic carbocycles. The highest BCUT2D eigenvalue weighted by atomic mass is 32.1. The van der Waals surface area contributed by atoms with Crippen molar-refractivity contribution in [3.8, 4) is 55.1 Å². The Bertz CT molecular complexity index is 2640. The molecule has 0 aliphatic heterocycles. The zero-order valence-corrected chi connectivity index (χ0v) is 28.1. The quantitative estimate of drug-likeness (QED) is 0.183. The molecule has 0 amide bonds. The number of benzene rings is 7. The van der Waals surface area contributed by atoms with Crippen molar-refractivity contribution >= 4 is 21.6 Å². The van der Waals surface area contributed by atoms with E-state index in [2.05, 4.69) is 166 Å². The lowest BCUT2D eigenvalue weighted by Gasteiger charge is -2.30. The van der Waals surface area contributed by atoms with Gasteiger partial charge in [0, 0.05) is 16.5 Å². The Morgan fingerprint density at radius 1 is 0.429 bits per heavy atom. The van der Waals surface area contributed by atoms with Crippen LogP contribution in [-0.2, 0) is 10.8 Å². The third kappa shape index (κ3) is 3.42. The third-order valence-electron chi connectivity index (χ3n) is 11.6. The minimum absolute atomic E-state index is 0.0109. The minimum atomic E-state index is -0.343. The maximum absolute atomic E-state index is 5.43. The molecule has 0 radical (unpaired) electrons. The highest BCUT2D eigenvalue weighted by Gasteiger charge is 2.52. The lowest BCUT2D eigenvalue weighted by atomic mass is 9.70. The maximum Gasteiger partial charge on any atom is 0.124 e. The molecule has 0 atom stereocenters. The Balaban J connectivity index is 1.03. The van der Waals surface area contributed by atoms with Crippen LogP contribution in [0, 0.1) is 0 Å². The van der Waals surface area contributed by atoms with Crippen LogP contribution < -0.4 is 0 Å². The van der Waals surface area contributed by atoms with Crippen molar-refractivity contribution in [1.82, 2.24) is 4.98 Å². The van der Waals surface area contributed by atoms with Crippen LogP contribution in [-0.4, -0.2) is 4.98 Å². The summed E-state index contributed by atoms with van der Waals surface area (Å²) in [5.41, 5.74) is 20.6. The van der Waals surface area contributed by atoms with E-state index in [1.807, 2.05) is 0 Å². The van der Waals surface area contributed by atoms with Gasteiger partial charge in [-0.2, -0.15) is 0 Å². The summed E-state index contributed by atoms with van der Waals surface area (Å²) in [6, 6.07) is 56.5. The van der Waals surface area contributed by atoms with Gasteiger partial charge in [-0.05, 0) is 84.5 Å². The molecule has 0 saturated carbocycles. The number of fused-ring (bicyclic) bond motifs is 15. The molecule has 0 fully saturated rings. The predicted octanol–water partition coefficient (Wildman–Crippen LogP) is 12.3. The van der Waals surface area contributed by atoms with Crippen LogP contribution in [0.4, 0.5) is 0 Å². The summed E-state index contributed by atoms with van der Waals surface area (Å²) >= 11 is 1.79. The average molecular weight is 642 g/mol. The van der Waals surface area contributed by atoms with Crippen molar-refractivity contribution in [2.24, 2.45) is 0 Å². The van der Waals surface area contributed by atoms with Crippen LogP contribution in [0.1, 0.15) is 47.2 Å². The zero-order chi connectivity index (χ0) is 32.5. The van der Waals surface area contributed by atoms with E-state index in [4.69, 9.17) is 4.98 Å². The molecule has 8 aromatic rings. The van der Waals surface area contributed by atoms with Gasteiger partial charge in [-0.15, -0.1) is 11.3 Å².